The lowest BCUT2D eigenvalue weighted by molar-refractivity contribution is 0.0883. The Morgan fingerprint density at radius 2 is 2.12 bits per heavy atom. The van der Waals surface area contributed by atoms with Crippen LogP contribution in [0.3, 0.4) is 0 Å². The van der Waals surface area contributed by atoms with Crippen molar-refractivity contribution in [3.8, 4) is 11.5 Å². The lowest BCUT2D eigenvalue weighted by Gasteiger charge is -2.15. The number of phenolic OH excluding ortho intramolecular Hbond substituents is 1. The van der Waals surface area contributed by atoms with Crippen LogP contribution < -0.4 is 10.5 Å². The Bertz CT molecular complexity index is 422. The zero-order valence-corrected chi connectivity index (χ0v) is 8.84. The molecule has 0 amide bonds. The van der Waals surface area contributed by atoms with Crippen LogP contribution in [0, 0.1) is 0 Å². The summed E-state index contributed by atoms with van der Waals surface area (Å²) in [6, 6.07) is 4.47. The molecule has 88 valence electrons. The Morgan fingerprint density at radius 3 is 2.62 bits per heavy atom. The Labute approximate surface area is 91.8 Å². The molecule has 2 rings (SSSR count). The van der Waals surface area contributed by atoms with Gasteiger partial charge in [0.2, 0.25) is 0 Å². The van der Waals surface area contributed by atoms with Crippen molar-refractivity contribution in [1.82, 2.24) is 0 Å². The van der Waals surface area contributed by atoms with Crippen LogP contribution in [-0.4, -0.2) is 17.6 Å². The Hall–Kier alpha value is -1.36. The number of rotatable bonds is 3. The highest BCUT2D eigenvalue weighted by Crippen LogP contribution is 2.60. The zero-order chi connectivity index (χ0) is 12.0. The Morgan fingerprint density at radius 1 is 1.50 bits per heavy atom. The third kappa shape index (κ3) is 1.43. The van der Waals surface area contributed by atoms with Gasteiger partial charge in [-0.1, -0.05) is 12.1 Å². The summed E-state index contributed by atoms with van der Waals surface area (Å²) in [7, 11) is 0. The van der Waals surface area contributed by atoms with Crippen LogP contribution in [0.5, 0.6) is 11.5 Å². The largest absolute Gasteiger partial charge is 0.504 e. The zero-order valence-electron chi connectivity index (χ0n) is 8.84. The van der Waals surface area contributed by atoms with E-state index in [0.29, 0.717) is 6.61 Å². The smallest absolute Gasteiger partial charge is 0.272 e. The van der Waals surface area contributed by atoms with Crippen molar-refractivity contribution in [3.05, 3.63) is 23.8 Å². The van der Waals surface area contributed by atoms with Gasteiger partial charge in [-0.3, -0.25) is 0 Å². The molecule has 1 unspecified atom stereocenters. The van der Waals surface area contributed by atoms with Crippen LogP contribution >= 0.6 is 0 Å². The van der Waals surface area contributed by atoms with Gasteiger partial charge in [-0.05, 0) is 13.0 Å². The van der Waals surface area contributed by atoms with Crippen molar-refractivity contribution in [3.63, 3.8) is 0 Å². The summed E-state index contributed by atoms with van der Waals surface area (Å²) >= 11 is 0. The lowest BCUT2D eigenvalue weighted by Crippen LogP contribution is -2.27. The molecule has 1 aromatic carbocycles. The average molecular weight is 229 g/mol. The quantitative estimate of drug-likeness (QED) is 0.833. The SMILES string of the molecule is CCOc1cccc(C2(N)CC2(F)F)c1O. The van der Waals surface area contributed by atoms with Crippen molar-refractivity contribution in [2.75, 3.05) is 6.61 Å². The van der Waals surface area contributed by atoms with E-state index >= 15 is 0 Å². The van der Waals surface area contributed by atoms with E-state index in [-0.39, 0.29) is 17.1 Å². The molecule has 1 atom stereocenters. The maximum absolute atomic E-state index is 13.1. The van der Waals surface area contributed by atoms with E-state index in [2.05, 4.69) is 0 Å². The van der Waals surface area contributed by atoms with Gasteiger partial charge < -0.3 is 15.6 Å². The van der Waals surface area contributed by atoms with E-state index in [1.54, 1.807) is 13.0 Å². The molecule has 0 heterocycles. The molecule has 3 N–H and O–H groups in total. The lowest BCUT2D eigenvalue weighted by atomic mass is 10.0. The van der Waals surface area contributed by atoms with E-state index in [0.717, 1.165) is 0 Å². The van der Waals surface area contributed by atoms with Crippen LogP contribution in [0.2, 0.25) is 0 Å². The summed E-state index contributed by atoms with van der Waals surface area (Å²) in [5.41, 5.74) is 3.84. The summed E-state index contributed by atoms with van der Waals surface area (Å²) in [4.78, 5) is 0. The van der Waals surface area contributed by atoms with Gasteiger partial charge in [-0.2, -0.15) is 0 Å². The van der Waals surface area contributed by atoms with Crippen molar-refractivity contribution in [2.24, 2.45) is 5.73 Å². The molecule has 0 saturated heterocycles. The van der Waals surface area contributed by atoms with Gasteiger partial charge in [0.1, 0.15) is 5.54 Å². The van der Waals surface area contributed by atoms with Gasteiger partial charge in [0, 0.05) is 12.0 Å². The van der Waals surface area contributed by atoms with E-state index in [4.69, 9.17) is 10.5 Å². The molecule has 0 aliphatic heterocycles. The van der Waals surface area contributed by atoms with E-state index in [1.165, 1.54) is 12.1 Å². The molecule has 3 nitrogen and oxygen atoms in total. The second-order valence-electron chi connectivity index (χ2n) is 3.94. The van der Waals surface area contributed by atoms with Gasteiger partial charge in [-0.15, -0.1) is 0 Å². The summed E-state index contributed by atoms with van der Waals surface area (Å²) in [5.74, 6) is -3.05. The average Bonchev–Trinajstić information content (AvgIpc) is 2.71. The predicted octanol–water partition coefficient (Wildman–Crippen LogP) is 1.98. The van der Waals surface area contributed by atoms with Crippen molar-refractivity contribution in [1.29, 1.82) is 0 Å². The molecule has 5 heteroatoms. The molecule has 1 aliphatic carbocycles. The minimum Gasteiger partial charge on any atom is -0.504 e. The summed E-state index contributed by atoms with van der Waals surface area (Å²) in [5, 5.41) is 9.79. The van der Waals surface area contributed by atoms with Crippen LogP contribution in [0.1, 0.15) is 18.9 Å². The molecule has 0 bridgehead atoms. The molecule has 1 fully saturated rings. The minimum absolute atomic E-state index is 0.0449. The fourth-order valence-corrected chi connectivity index (χ4v) is 1.75. The maximum Gasteiger partial charge on any atom is 0.272 e. The second-order valence-corrected chi connectivity index (χ2v) is 3.94. The van der Waals surface area contributed by atoms with E-state index in [9.17, 15) is 13.9 Å². The highest BCUT2D eigenvalue weighted by atomic mass is 19.3. The third-order valence-electron chi connectivity index (χ3n) is 2.81. The number of halogens is 2. The Balaban J connectivity index is 2.40. The summed E-state index contributed by atoms with van der Waals surface area (Å²) in [6.07, 6.45) is -0.441. The number of hydrogen-bond donors (Lipinski definition) is 2. The first-order valence-electron chi connectivity index (χ1n) is 5.04. The third-order valence-corrected chi connectivity index (χ3v) is 2.81. The van der Waals surface area contributed by atoms with Crippen molar-refractivity contribution >= 4 is 0 Å². The summed E-state index contributed by atoms with van der Waals surface area (Å²) < 4.78 is 31.3. The summed E-state index contributed by atoms with van der Waals surface area (Å²) in [6.45, 7) is 2.10. The first-order chi connectivity index (χ1) is 7.42. The molecule has 1 aromatic rings. The molecule has 0 radical (unpaired) electrons. The van der Waals surface area contributed by atoms with Gasteiger partial charge >= 0.3 is 0 Å². The van der Waals surface area contributed by atoms with Gasteiger partial charge in [0.25, 0.3) is 5.92 Å². The number of alkyl halides is 2. The highest BCUT2D eigenvalue weighted by Gasteiger charge is 2.70. The fourth-order valence-electron chi connectivity index (χ4n) is 1.75. The minimum atomic E-state index is -2.95. The van der Waals surface area contributed by atoms with Crippen molar-refractivity contribution < 1.29 is 18.6 Å². The maximum atomic E-state index is 13.1. The standard InChI is InChI=1S/C11H13F2NO2/c1-2-16-8-5-3-4-7(9(8)15)10(14)6-11(10,12)13/h3-5,15H,2,6,14H2,1H3. The second kappa shape index (κ2) is 3.31. The first kappa shape index (κ1) is 11.1. The number of benzene rings is 1. The number of phenols is 1. The van der Waals surface area contributed by atoms with Crippen LogP contribution in [0.25, 0.3) is 0 Å². The number of ether oxygens (including phenoxy) is 1. The van der Waals surface area contributed by atoms with Gasteiger partial charge in [0.05, 0.1) is 6.61 Å². The van der Waals surface area contributed by atoms with Crippen molar-refractivity contribution in [2.45, 2.75) is 24.8 Å². The molecule has 16 heavy (non-hydrogen) atoms. The van der Waals surface area contributed by atoms with E-state index in [1.807, 2.05) is 0 Å². The molecular weight excluding hydrogens is 216 g/mol. The predicted molar refractivity (Wildman–Crippen MR) is 54.7 cm³/mol. The fraction of sp³-hybridized carbons (Fsp3) is 0.455. The van der Waals surface area contributed by atoms with Crippen LogP contribution in [0.15, 0.2) is 18.2 Å². The topological polar surface area (TPSA) is 55.5 Å². The normalized spacial score (nSPS) is 26.5. The highest BCUT2D eigenvalue weighted by molar-refractivity contribution is 5.52. The van der Waals surface area contributed by atoms with Gasteiger partial charge in [0.15, 0.2) is 11.5 Å². The number of nitrogens with two attached hydrogens (primary N) is 1. The number of hydrogen-bond acceptors (Lipinski definition) is 3. The first-order valence-corrected chi connectivity index (χ1v) is 5.04. The molecule has 0 spiro atoms. The van der Waals surface area contributed by atoms with E-state index < -0.39 is 17.9 Å². The van der Waals surface area contributed by atoms with Gasteiger partial charge in [-0.25, -0.2) is 8.78 Å². The van der Waals surface area contributed by atoms with Crippen LogP contribution in [0.4, 0.5) is 8.78 Å². The number of para-hydroxylation sites is 1. The molecule has 0 aromatic heterocycles. The monoisotopic (exact) mass is 229 g/mol. The molecule has 1 aliphatic rings. The van der Waals surface area contributed by atoms with Crippen LogP contribution in [-0.2, 0) is 5.54 Å². The molecule has 1 saturated carbocycles. The number of aromatic hydroxyl groups is 1. The Kier molecular flexibility index (Phi) is 2.31. The molecular formula is C11H13F2NO2.